The lowest BCUT2D eigenvalue weighted by Crippen LogP contribution is -2.49. The van der Waals surface area contributed by atoms with Crippen LogP contribution >= 0.6 is 0 Å². The van der Waals surface area contributed by atoms with Gasteiger partial charge in [0.1, 0.15) is 0 Å². The molecule has 1 aliphatic heterocycles. The first-order chi connectivity index (χ1) is 10.2. The van der Waals surface area contributed by atoms with Gasteiger partial charge in [0.25, 0.3) is 5.91 Å². The molecule has 1 aliphatic carbocycles. The van der Waals surface area contributed by atoms with E-state index in [9.17, 15) is 14.3 Å². The molecule has 3 atom stereocenters. The molecule has 3 rings (SSSR count). The molecule has 5 heteroatoms. The van der Waals surface area contributed by atoms with E-state index in [4.69, 9.17) is 0 Å². The van der Waals surface area contributed by atoms with Crippen molar-refractivity contribution in [2.75, 3.05) is 6.54 Å². The number of nitrogens with zero attached hydrogens (tertiary/aromatic N) is 2. The van der Waals surface area contributed by atoms with Gasteiger partial charge in [0.2, 0.25) is 0 Å². The normalized spacial score (nSPS) is 29.6. The summed E-state index contributed by atoms with van der Waals surface area (Å²) in [7, 11) is 0. The number of hydrogen-bond donors (Lipinski definition) is 1. The van der Waals surface area contributed by atoms with Crippen molar-refractivity contribution in [1.82, 2.24) is 9.88 Å². The van der Waals surface area contributed by atoms with E-state index in [0.29, 0.717) is 6.54 Å². The number of likely N-dealkylation sites (tertiary alicyclic amines) is 1. The molecule has 0 aromatic carbocycles. The highest BCUT2D eigenvalue weighted by molar-refractivity contribution is 5.94. The minimum Gasteiger partial charge on any atom is -0.393 e. The van der Waals surface area contributed by atoms with Crippen molar-refractivity contribution < 1.29 is 14.3 Å². The van der Waals surface area contributed by atoms with Crippen molar-refractivity contribution in [3.05, 3.63) is 29.8 Å². The van der Waals surface area contributed by atoms with E-state index < -0.39 is 5.82 Å². The largest absolute Gasteiger partial charge is 0.393 e. The number of carbonyl (C=O) groups is 1. The molecule has 3 unspecified atom stereocenters. The van der Waals surface area contributed by atoms with Crippen molar-refractivity contribution in [1.29, 1.82) is 0 Å². The average molecular weight is 292 g/mol. The Balaban J connectivity index is 1.84. The molecule has 1 amide bonds. The predicted octanol–water partition coefficient (Wildman–Crippen LogP) is 2.38. The third-order valence-electron chi connectivity index (χ3n) is 4.84. The lowest BCUT2D eigenvalue weighted by Gasteiger charge is -2.40. The zero-order valence-electron chi connectivity index (χ0n) is 12.0. The van der Waals surface area contributed by atoms with E-state index in [2.05, 4.69) is 4.98 Å². The molecule has 1 N–H and O–H groups in total. The summed E-state index contributed by atoms with van der Waals surface area (Å²) in [5.41, 5.74) is 0.0874. The van der Waals surface area contributed by atoms with Crippen molar-refractivity contribution in [3.63, 3.8) is 0 Å². The highest BCUT2D eigenvalue weighted by Gasteiger charge is 2.39. The van der Waals surface area contributed by atoms with Gasteiger partial charge in [0.15, 0.2) is 5.82 Å². The van der Waals surface area contributed by atoms with Crippen LogP contribution in [0.1, 0.15) is 48.9 Å². The predicted molar refractivity (Wildman–Crippen MR) is 76.2 cm³/mol. The van der Waals surface area contributed by atoms with Crippen LogP contribution in [-0.4, -0.2) is 39.6 Å². The zero-order chi connectivity index (χ0) is 14.8. The maximum atomic E-state index is 13.8. The average Bonchev–Trinajstić information content (AvgIpc) is 2.93. The Morgan fingerprint density at radius 2 is 2.14 bits per heavy atom. The number of aliphatic hydroxyl groups excluding tert-OH is 1. The fraction of sp³-hybridized carbons (Fsp3) is 0.625. The molecule has 21 heavy (non-hydrogen) atoms. The summed E-state index contributed by atoms with van der Waals surface area (Å²) in [5, 5.41) is 10.1. The van der Waals surface area contributed by atoms with E-state index in [-0.39, 0.29) is 29.5 Å². The molecule has 2 heterocycles. The quantitative estimate of drug-likeness (QED) is 0.910. The van der Waals surface area contributed by atoms with Gasteiger partial charge in [-0.15, -0.1) is 0 Å². The van der Waals surface area contributed by atoms with Crippen molar-refractivity contribution >= 4 is 5.91 Å². The van der Waals surface area contributed by atoms with Crippen LogP contribution in [0.3, 0.4) is 0 Å². The second kappa shape index (κ2) is 6.10. The van der Waals surface area contributed by atoms with Gasteiger partial charge in [-0.25, -0.2) is 4.39 Å². The summed E-state index contributed by atoms with van der Waals surface area (Å²) in [6.45, 7) is 0.647. The van der Waals surface area contributed by atoms with Gasteiger partial charge >= 0.3 is 0 Å². The molecule has 1 aromatic heterocycles. The molecular formula is C16H21FN2O2. The molecule has 0 radical (unpaired) electrons. The summed E-state index contributed by atoms with van der Waals surface area (Å²) < 4.78 is 13.8. The smallest absolute Gasteiger partial charge is 0.257 e. The Bertz CT molecular complexity index is 523. The van der Waals surface area contributed by atoms with E-state index in [0.717, 1.165) is 44.7 Å². The lowest BCUT2D eigenvalue weighted by molar-refractivity contribution is 0.0284. The first-order valence-corrected chi connectivity index (χ1v) is 7.77. The SMILES string of the molecule is O=C(c1ccncc1F)N1CCCCC1C1CCCC1O. The van der Waals surface area contributed by atoms with Crippen molar-refractivity contribution in [3.8, 4) is 0 Å². The molecule has 1 aromatic rings. The lowest BCUT2D eigenvalue weighted by atomic mass is 9.87. The second-order valence-electron chi connectivity index (χ2n) is 6.08. The van der Waals surface area contributed by atoms with Crippen LogP contribution in [0.4, 0.5) is 4.39 Å². The topological polar surface area (TPSA) is 53.4 Å². The zero-order valence-corrected chi connectivity index (χ0v) is 12.0. The third-order valence-corrected chi connectivity index (χ3v) is 4.84. The van der Waals surface area contributed by atoms with Crippen LogP contribution in [0.25, 0.3) is 0 Å². The van der Waals surface area contributed by atoms with Gasteiger partial charge in [-0.3, -0.25) is 9.78 Å². The number of hydrogen-bond acceptors (Lipinski definition) is 3. The molecule has 2 fully saturated rings. The number of pyridine rings is 1. The Labute approximate surface area is 124 Å². The molecule has 0 bridgehead atoms. The van der Waals surface area contributed by atoms with Crippen LogP contribution in [-0.2, 0) is 0 Å². The van der Waals surface area contributed by atoms with Crippen LogP contribution in [0.2, 0.25) is 0 Å². The molecule has 4 nitrogen and oxygen atoms in total. The third kappa shape index (κ3) is 2.79. The first-order valence-electron chi connectivity index (χ1n) is 7.77. The van der Waals surface area contributed by atoms with Gasteiger partial charge in [0, 0.05) is 24.7 Å². The fourth-order valence-electron chi connectivity index (χ4n) is 3.78. The summed E-state index contributed by atoms with van der Waals surface area (Å²) in [4.78, 5) is 18.1. The van der Waals surface area contributed by atoms with E-state index in [1.54, 1.807) is 4.90 Å². The van der Waals surface area contributed by atoms with Gasteiger partial charge < -0.3 is 10.0 Å². The van der Waals surface area contributed by atoms with Gasteiger partial charge in [-0.05, 0) is 38.2 Å². The minimum atomic E-state index is -0.571. The molecular weight excluding hydrogens is 271 g/mol. The molecule has 0 spiro atoms. The van der Waals surface area contributed by atoms with Crippen molar-refractivity contribution in [2.45, 2.75) is 50.7 Å². The summed E-state index contributed by atoms with van der Waals surface area (Å²) in [6, 6.07) is 1.48. The maximum Gasteiger partial charge on any atom is 0.257 e. The number of aromatic nitrogens is 1. The number of piperidine rings is 1. The van der Waals surface area contributed by atoms with Crippen molar-refractivity contribution in [2.24, 2.45) is 5.92 Å². The van der Waals surface area contributed by atoms with Gasteiger partial charge in [0.05, 0.1) is 17.9 Å². The molecule has 2 aliphatic rings. The van der Waals surface area contributed by atoms with Crippen LogP contribution in [0, 0.1) is 11.7 Å². The second-order valence-corrected chi connectivity index (χ2v) is 6.08. The van der Waals surface area contributed by atoms with E-state index in [1.165, 1.54) is 12.3 Å². The Morgan fingerprint density at radius 1 is 1.29 bits per heavy atom. The monoisotopic (exact) mass is 292 g/mol. The highest BCUT2D eigenvalue weighted by Crippen LogP contribution is 2.35. The Morgan fingerprint density at radius 3 is 2.86 bits per heavy atom. The summed E-state index contributed by atoms with van der Waals surface area (Å²) in [6.07, 6.45) is 7.88. The Hall–Kier alpha value is -1.49. The van der Waals surface area contributed by atoms with Crippen LogP contribution in [0.15, 0.2) is 18.5 Å². The van der Waals surface area contributed by atoms with E-state index in [1.807, 2.05) is 0 Å². The van der Waals surface area contributed by atoms with Crippen LogP contribution < -0.4 is 0 Å². The molecule has 1 saturated heterocycles. The first kappa shape index (κ1) is 14.4. The van der Waals surface area contributed by atoms with Crippen LogP contribution in [0.5, 0.6) is 0 Å². The van der Waals surface area contributed by atoms with E-state index >= 15 is 0 Å². The van der Waals surface area contributed by atoms with Gasteiger partial charge in [-0.2, -0.15) is 0 Å². The summed E-state index contributed by atoms with van der Waals surface area (Å²) >= 11 is 0. The number of carbonyl (C=O) groups excluding carboxylic acids is 1. The highest BCUT2D eigenvalue weighted by atomic mass is 19.1. The fourth-order valence-corrected chi connectivity index (χ4v) is 3.78. The molecule has 114 valence electrons. The Kier molecular flexibility index (Phi) is 4.19. The van der Waals surface area contributed by atoms with Gasteiger partial charge in [-0.1, -0.05) is 6.42 Å². The number of rotatable bonds is 2. The standard InChI is InChI=1S/C16H21FN2O2/c17-13-10-18-8-7-11(13)16(21)19-9-2-1-5-14(19)12-4-3-6-15(12)20/h7-8,10,12,14-15,20H,1-6,9H2. The summed E-state index contributed by atoms with van der Waals surface area (Å²) in [5.74, 6) is -0.698. The number of halogens is 1. The maximum absolute atomic E-state index is 13.8. The number of aliphatic hydroxyl groups is 1. The molecule has 1 saturated carbocycles. The minimum absolute atomic E-state index is 0.0383. The number of amides is 1.